The molecule has 1 unspecified atom stereocenters. The van der Waals surface area contributed by atoms with Gasteiger partial charge in [0.15, 0.2) is 0 Å². The van der Waals surface area contributed by atoms with Crippen LogP contribution in [0.5, 0.6) is 0 Å². The minimum atomic E-state index is -0.644. The van der Waals surface area contributed by atoms with Gasteiger partial charge in [-0.1, -0.05) is 18.2 Å². The molecule has 0 aromatic heterocycles. The summed E-state index contributed by atoms with van der Waals surface area (Å²) in [6.45, 7) is 0. The third-order valence-corrected chi connectivity index (χ3v) is 4.57. The Labute approximate surface area is 120 Å². The maximum atomic E-state index is 13.1. The lowest BCUT2D eigenvalue weighted by molar-refractivity contribution is -0.119. The van der Waals surface area contributed by atoms with Crippen LogP contribution in [-0.4, -0.2) is 11.5 Å². The first-order valence-corrected chi connectivity index (χ1v) is 7.31. The number of carbonyl (C=O) groups excluding carboxylic acids is 1. The van der Waals surface area contributed by atoms with E-state index in [2.05, 4.69) is 0 Å². The second-order valence-electron chi connectivity index (χ2n) is 4.82. The van der Waals surface area contributed by atoms with Crippen molar-refractivity contribution in [2.75, 3.05) is 5.75 Å². The molecule has 0 aliphatic carbocycles. The summed E-state index contributed by atoms with van der Waals surface area (Å²) < 4.78 is 26.3. The van der Waals surface area contributed by atoms with Crippen LogP contribution in [0.2, 0.25) is 0 Å². The minimum Gasteiger partial charge on any atom is -0.299 e. The summed E-state index contributed by atoms with van der Waals surface area (Å²) in [6.07, 6.45) is 0.0637. The van der Waals surface area contributed by atoms with Crippen LogP contribution >= 0.6 is 11.8 Å². The Kier molecular flexibility index (Phi) is 3.57. The molecular weight excluding hydrogens is 278 g/mol. The average Bonchev–Trinajstić information content (AvgIpc) is 2.81. The quantitative estimate of drug-likeness (QED) is 0.851. The number of carbonyl (C=O) groups is 1. The number of thioether (sulfide) groups is 1. The molecule has 0 fully saturated rings. The highest BCUT2D eigenvalue weighted by Crippen LogP contribution is 2.40. The van der Waals surface area contributed by atoms with E-state index in [4.69, 9.17) is 0 Å². The predicted octanol–water partition coefficient (Wildman–Crippen LogP) is 3.97. The zero-order valence-corrected chi connectivity index (χ0v) is 11.4. The highest BCUT2D eigenvalue weighted by molar-refractivity contribution is 7.99. The molecule has 2 aromatic rings. The van der Waals surface area contributed by atoms with E-state index in [9.17, 15) is 13.6 Å². The first-order chi connectivity index (χ1) is 9.63. The fraction of sp³-hybridized carbons (Fsp3) is 0.188. The third kappa shape index (κ3) is 2.61. The number of Topliss-reactive ketones (excluding diaryl/α,β-unsaturated/α-hetero) is 1. The van der Waals surface area contributed by atoms with Crippen LogP contribution in [0.3, 0.4) is 0 Å². The normalized spacial score (nSPS) is 17.0. The molecule has 0 radical (unpaired) electrons. The van der Waals surface area contributed by atoms with Gasteiger partial charge in [0.05, 0.1) is 5.92 Å². The Morgan fingerprint density at radius 1 is 1.15 bits per heavy atom. The van der Waals surface area contributed by atoms with E-state index in [1.807, 2.05) is 24.3 Å². The lowest BCUT2D eigenvalue weighted by Gasteiger charge is -2.09. The number of halogens is 2. The maximum Gasteiger partial charge on any atom is 0.145 e. The molecule has 1 aliphatic rings. The molecule has 4 heteroatoms. The van der Waals surface area contributed by atoms with Crippen LogP contribution < -0.4 is 0 Å². The van der Waals surface area contributed by atoms with Crippen LogP contribution in [-0.2, 0) is 11.2 Å². The van der Waals surface area contributed by atoms with Crippen LogP contribution in [0, 0.1) is 11.6 Å². The molecule has 2 aromatic carbocycles. The van der Waals surface area contributed by atoms with Gasteiger partial charge in [-0.25, -0.2) is 8.78 Å². The van der Waals surface area contributed by atoms with Crippen molar-refractivity contribution in [2.45, 2.75) is 17.2 Å². The summed E-state index contributed by atoms with van der Waals surface area (Å²) in [5.41, 5.74) is 1.42. The van der Waals surface area contributed by atoms with E-state index in [1.54, 1.807) is 11.8 Å². The van der Waals surface area contributed by atoms with Crippen molar-refractivity contribution in [3.63, 3.8) is 0 Å². The monoisotopic (exact) mass is 290 g/mol. The van der Waals surface area contributed by atoms with Gasteiger partial charge in [-0.2, -0.15) is 0 Å². The molecule has 0 spiro atoms. The van der Waals surface area contributed by atoms with Crippen molar-refractivity contribution >= 4 is 17.5 Å². The van der Waals surface area contributed by atoms with Gasteiger partial charge in [0.25, 0.3) is 0 Å². The van der Waals surface area contributed by atoms with Gasteiger partial charge in [0.2, 0.25) is 0 Å². The number of hydrogen-bond acceptors (Lipinski definition) is 2. The third-order valence-electron chi connectivity index (χ3n) is 3.39. The first kappa shape index (κ1) is 13.3. The molecule has 0 N–H and O–H groups in total. The molecule has 1 aliphatic heterocycles. The molecule has 0 amide bonds. The van der Waals surface area contributed by atoms with Crippen LogP contribution in [0.4, 0.5) is 8.78 Å². The van der Waals surface area contributed by atoms with Crippen molar-refractivity contribution in [1.82, 2.24) is 0 Å². The fourth-order valence-corrected chi connectivity index (χ4v) is 3.73. The smallest absolute Gasteiger partial charge is 0.145 e. The van der Waals surface area contributed by atoms with E-state index in [-0.39, 0.29) is 18.1 Å². The predicted molar refractivity (Wildman–Crippen MR) is 75.0 cm³/mol. The second-order valence-corrected chi connectivity index (χ2v) is 5.88. The molecule has 3 rings (SSSR count). The molecular formula is C16H12F2OS. The number of ketones is 1. The van der Waals surface area contributed by atoms with Gasteiger partial charge in [-0.15, -0.1) is 11.8 Å². The van der Waals surface area contributed by atoms with Crippen molar-refractivity contribution in [1.29, 1.82) is 0 Å². The molecule has 0 bridgehead atoms. The van der Waals surface area contributed by atoms with Crippen LogP contribution in [0.1, 0.15) is 17.0 Å². The minimum absolute atomic E-state index is 0.00690. The lowest BCUT2D eigenvalue weighted by atomic mass is 9.93. The summed E-state index contributed by atoms with van der Waals surface area (Å²) in [5, 5.41) is 0. The van der Waals surface area contributed by atoms with Crippen molar-refractivity contribution in [3.05, 3.63) is 65.2 Å². The Morgan fingerprint density at radius 2 is 1.85 bits per heavy atom. The van der Waals surface area contributed by atoms with Gasteiger partial charge < -0.3 is 0 Å². The Morgan fingerprint density at radius 3 is 2.60 bits per heavy atom. The first-order valence-electron chi connectivity index (χ1n) is 6.33. The highest BCUT2D eigenvalue weighted by atomic mass is 32.2. The molecule has 0 saturated carbocycles. The lowest BCUT2D eigenvalue weighted by Crippen LogP contribution is -2.15. The molecule has 20 heavy (non-hydrogen) atoms. The maximum absolute atomic E-state index is 13.1. The van der Waals surface area contributed by atoms with E-state index < -0.39 is 11.6 Å². The van der Waals surface area contributed by atoms with Gasteiger partial charge in [0.1, 0.15) is 17.4 Å². The number of rotatable bonds is 3. The number of hydrogen-bond donors (Lipinski definition) is 0. The van der Waals surface area contributed by atoms with Gasteiger partial charge in [-0.3, -0.25) is 4.79 Å². The Hall–Kier alpha value is -1.68. The highest BCUT2D eigenvalue weighted by Gasteiger charge is 2.28. The topological polar surface area (TPSA) is 17.1 Å². The Balaban J connectivity index is 1.81. The van der Waals surface area contributed by atoms with E-state index >= 15 is 0 Å². The SMILES string of the molecule is O=C(Cc1cc(F)cc(F)c1)C1CSc2ccccc21. The summed E-state index contributed by atoms with van der Waals surface area (Å²) >= 11 is 1.65. The molecule has 1 heterocycles. The Bertz CT molecular complexity index is 649. The zero-order valence-electron chi connectivity index (χ0n) is 10.6. The summed E-state index contributed by atoms with van der Waals surface area (Å²) in [7, 11) is 0. The summed E-state index contributed by atoms with van der Waals surface area (Å²) in [6, 6.07) is 11.0. The van der Waals surface area contributed by atoms with Gasteiger partial charge in [0, 0.05) is 23.1 Å². The number of benzene rings is 2. The number of fused-ring (bicyclic) bond motifs is 1. The van der Waals surface area contributed by atoms with Crippen molar-refractivity contribution in [2.24, 2.45) is 0 Å². The summed E-state index contributed by atoms with van der Waals surface area (Å²) in [4.78, 5) is 13.5. The van der Waals surface area contributed by atoms with Crippen molar-refractivity contribution < 1.29 is 13.6 Å². The zero-order chi connectivity index (χ0) is 14.1. The standard InChI is InChI=1S/C16H12F2OS/c17-11-5-10(6-12(18)8-11)7-15(19)14-9-20-16-4-2-1-3-13(14)16/h1-6,8,14H,7,9H2. The van der Waals surface area contributed by atoms with Gasteiger partial charge in [-0.05, 0) is 29.3 Å². The molecule has 0 saturated heterocycles. The van der Waals surface area contributed by atoms with E-state index in [0.717, 1.165) is 16.5 Å². The summed E-state index contributed by atoms with van der Waals surface area (Å²) in [5.74, 6) is -0.756. The van der Waals surface area contributed by atoms with Crippen molar-refractivity contribution in [3.8, 4) is 0 Å². The second kappa shape index (κ2) is 5.37. The largest absolute Gasteiger partial charge is 0.299 e. The fourth-order valence-electron chi connectivity index (χ4n) is 2.47. The molecule has 1 nitrogen and oxygen atoms in total. The van der Waals surface area contributed by atoms with E-state index in [0.29, 0.717) is 11.3 Å². The van der Waals surface area contributed by atoms with Crippen LogP contribution in [0.15, 0.2) is 47.4 Å². The van der Waals surface area contributed by atoms with E-state index in [1.165, 1.54) is 12.1 Å². The average molecular weight is 290 g/mol. The molecule has 1 atom stereocenters. The van der Waals surface area contributed by atoms with Crippen LogP contribution in [0.25, 0.3) is 0 Å². The molecule has 102 valence electrons. The van der Waals surface area contributed by atoms with Gasteiger partial charge >= 0.3 is 0 Å².